The van der Waals surface area contributed by atoms with Gasteiger partial charge in [0.15, 0.2) is 0 Å². The smallest absolute Gasteiger partial charge is 0.262 e. The molecule has 0 saturated carbocycles. The Balaban J connectivity index is 1.57. The van der Waals surface area contributed by atoms with Gasteiger partial charge in [-0.15, -0.1) is 0 Å². The highest BCUT2D eigenvalue weighted by atomic mass is 32.2. The Hall–Kier alpha value is -2.67. The molecule has 0 amide bonds. The van der Waals surface area contributed by atoms with E-state index in [1.165, 1.54) is 12.4 Å². The minimum absolute atomic E-state index is 0.217. The Morgan fingerprint density at radius 1 is 0.920 bits per heavy atom. The van der Waals surface area contributed by atoms with Crippen LogP contribution in [0.1, 0.15) is 12.8 Å². The highest BCUT2D eigenvalue weighted by Crippen LogP contribution is 2.22. The molecule has 25 heavy (non-hydrogen) atoms. The van der Waals surface area contributed by atoms with Crippen molar-refractivity contribution in [2.75, 3.05) is 22.7 Å². The zero-order valence-corrected chi connectivity index (χ0v) is 14.4. The van der Waals surface area contributed by atoms with Crippen LogP contribution in [0.2, 0.25) is 0 Å². The first kappa shape index (κ1) is 15.8. The molecule has 7 heteroatoms. The van der Waals surface area contributed by atoms with E-state index in [-0.39, 0.29) is 4.90 Å². The molecule has 3 aromatic rings. The van der Waals surface area contributed by atoms with Gasteiger partial charge in [-0.2, -0.15) is 0 Å². The zero-order valence-electron chi connectivity index (χ0n) is 13.6. The lowest BCUT2D eigenvalue weighted by atomic mass is 10.1. The van der Waals surface area contributed by atoms with Gasteiger partial charge < -0.3 is 4.90 Å². The van der Waals surface area contributed by atoms with E-state index in [2.05, 4.69) is 19.6 Å². The highest BCUT2D eigenvalue weighted by Gasteiger charge is 2.17. The molecule has 128 valence electrons. The van der Waals surface area contributed by atoms with Gasteiger partial charge >= 0.3 is 0 Å². The van der Waals surface area contributed by atoms with Crippen LogP contribution in [0, 0.1) is 0 Å². The van der Waals surface area contributed by atoms with E-state index in [0.717, 1.165) is 36.7 Å². The molecule has 1 fully saturated rings. The number of fused-ring (bicyclic) bond motifs is 1. The molecule has 1 aromatic heterocycles. The van der Waals surface area contributed by atoms with Gasteiger partial charge in [-0.3, -0.25) is 4.72 Å². The van der Waals surface area contributed by atoms with Crippen LogP contribution in [0.3, 0.4) is 0 Å². The molecule has 2 heterocycles. The summed E-state index contributed by atoms with van der Waals surface area (Å²) in [4.78, 5) is 10.9. The van der Waals surface area contributed by atoms with E-state index in [9.17, 15) is 8.42 Å². The normalized spacial score (nSPS) is 14.8. The Bertz CT molecular complexity index is 997. The summed E-state index contributed by atoms with van der Waals surface area (Å²) in [6, 6.07) is 12.7. The second-order valence-corrected chi connectivity index (χ2v) is 7.76. The summed E-state index contributed by atoms with van der Waals surface area (Å²) in [5.74, 6) is 0.645. The summed E-state index contributed by atoms with van der Waals surface area (Å²) in [5.41, 5.74) is 0.358. The van der Waals surface area contributed by atoms with Crippen molar-refractivity contribution < 1.29 is 8.42 Å². The minimum atomic E-state index is -3.68. The molecule has 0 unspecified atom stereocenters. The van der Waals surface area contributed by atoms with Crippen molar-refractivity contribution in [3.8, 4) is 0 Å². The lowest BCUT2D eigenvalue weighted by Gasteiger charge is -2.15. The number of nitrogens with one attached hydrogen (secondary N) is 1. The van der Waals surface area contributed by atoms with Crippen molar-refractivity contribution in [1.29, 1.82) is 0 Å². The van der Waals surface area contributed by atoms with Crippen molar-refractivity contribution in [2.45, 2.75) is 17.7 Å². The number of rotatable bonds is 4. The number of aromatic nitrogens is 2. The summed E-state index contributed by atoms with van der Waals surface area (Å²) in [5, 5.41) is 1.88. The molecule has 1 aliphatic heterocycles. The van der Waals surface area contributed by atoms with Gasteiger partial charge in [0.25, 0.3) is 10.0 Å². The molecule has 6 nitrogen and oxygen atoms in total. The van der Waals surface area contributed by atoms with Crippen LogP contribution in [0.15, 0.2) is 59.8 Å². The number of benzene rings is 2. The molecule has 1 saturated heterocycles. The van der Waals surface area contributed by atoms with Crippen molar-refractivity contribution in [3.63, 3.8) is 0 Å². The van der Waals surface area contributed by atoms with Gasteiger partial charge in [-0.25, -0.2) is 18.4 Å². The molecule has 1 N–H and O–H groups in total. The van der Waals surface area contributed by atoms with Crippen LogP contribution in [0.4, 0.5) is 11.6 Å². The van der Waals surface area contributed by atoms with E-state index < -0.39 is 10.0 Å². The van der Waals surface area contributed by atoms with E-state index in [1.807, 2.05) is 24.3 Å². The molecule has 0 aliphatic carbocycles. The monoisotopic (exact) mass is 354 g/mol. The molecular weight excluding hydrogens is 336 g/mol. The molecule has 4 rings (SSSR count). The van der Waals surface area contributed by atoms with E-state index in [1.54, 1.807) is 18.2 Å². The number of sulfonamides is 1. The van der Waals surface area contributed by atoms with Crippen molar-refractivity contribution >= 4 is 32.4 Å². The molecule has 1 aliphatic rings. The van der Waals surface area contributed by atoms with E-state index in [0.29, 0.717) is 11.6 Å². The van der Waals surface area contributed by atoms with Gasteiger partial charge in [0, 0.05) is 13.1 Å². The van der Waals surface area contributed by atoms with E-state index >= 15 is 0 Å². The van der Waals surface area contributed by atoms with Crippen molar-refractivity contribution in [1.82, 2.24) is 9.97 Å². The van der Waals surface area contributed by atoms with Gasteiger partial charge in [-0.05, 0) is 35.7 Å². The van der Waals surface area contributed by atoms with Crippen molar-refractivity contribution in [3.05, 3.63) is 54.9 Å². The summed E-state index contributed by atoms with van der Waals surface area (Å²) in [7, 11) is -3.68. The number of hydrogen-bond donors (Lipinski definition) is 1. The first-order chi connectivity index (χ1) is 12.1. The number of anilines is 2. The topological polar surface area (TPSA) is 75.2 Å². The van der Waals surface area contributed by atoms with Crippen molar-refractivity contribution in [2.24, 2.45) is 0 Å². The van der Waals surface area contributed by atoms with Crippen LogP contribution in [0.5, 0.6) is 0 Å². The van der Waals surface area contributed by atoms with Crippen LogP contribution >= 0.6 is 0 Å². The Morgan fingerprint density at radius 3 is 2.32 bits per heavy atom. The van der Waals surface area contributed by atoms with Gasteiger partial charge in [0.1, 0.15) is 0 Å². The SMILES string of the molecule is O=S(=O)(Nc1cnc(N2CCCC2)nc1)c1ccc2ccccc2c1. The van der Waals surface area contributed by atoms with Crippen LogP contribution in [-0.2, 0) is 10.0 Å². The van der Waals surface area contributed by atoms with Gasteiger partial charge in [0.2, 0.25) is 5.95 Å². The molecular formula is C18H18N4O2S. The largest absolute Gasteiger partial charge is 0.341 e. The quantitative estimate of drug-likeness (QED) is 0.779. The average Bonchev–Trinajstić information content (AvgIpc) is 3.16. The van der Waals surface area contributed by atoms with Crippen LogP contribution in [0.25, 0.3) is 10.8 Å². The first-order valence-corrected chi connectivity index (χ1v) is 9.69. The Kier molecular flexibility index (Phi) is 4.01. The molecule has 2 aromatic carbocycles. The molecule has 0 radical (unpaired) electrons. The zero-order chi connectivity index (χ0) is 17.3. The Morgan fingerprint density at radius 2 is 1.60 bits per heavy atom. The van der Waals surface area contributed by atoms with Gasteiger partial charge in [0.05, 0.1) is 23.0 Å². The molecule has 0 spiro atoms. The predicted octanol–water partition coefficient (Wildman–Crippen LogP) is 3.03. The van der Waals surface area contributed by atoms with Gasteiger partial charge in [-0.1, -0.05) is 30.3 Å². The lowest BCUT2D eigenvalue weighted by molar-refractivity contribution is 0.601. The molecule has 0 atom stereocenters. The van der Waals surface area contributed by atoms with Crippen LogP contribution < -0.4 is 9.62 Å². The summed E-state index contributed by atoms with van der Waals surface area (Å²) >= 11 is 0. The fourth-order valence-electron chi connectivity index (χ4n) is 3.00. The maximum absolute atomic E-state index is 12.6. The number of nitrogens with zero attached hydrogens (tertiary/aromatic N) is 3. The third-order valence-electron chi connectivity index (χ3n) is 4.31. The summed E-state index contributed by atoms with van der Waals surface area (Å²) in [6.07, 6.45) is 5.30. The summed E-state index contributed by atoms with van der Waals surface area (Å²) in [6.45, 7) is 1.89. The molecule has 0 bridgehead atoms. The standard InChI is InChI=1S/C18H18N4O2S/c23-25(24,17-8-7-14-5-1-2-6-15(14)11-17)21-16-12-19-18(20-13-16)22-9-3-4-10-22/h1-2,5-8,11-13,21H,3-4,9-10H2. The third-order valence-corrected chi connectivity index (χ3v) is 5.69. The first-order valence-electron chi connectivity index (χ1n) is 8.20. The second kappa shape index (κ2) is 6.33. The van der Waals surface area contributed by atoms with E-state index in [4.69, 9.17) is 0 Å². The third kappa shape index (κ3) is 3.28. The lowest BCUT2D eigenvalue weighted by Crippen LogP contribution is -2.20. The maximum atomic E-state index is 12.6. The predicted molar refractivity (Wildman–Crippen MR) is 98.2 cm³/mol. The van der Waals surface area contributed by atoms with Crippen LogP contribution in [-0.4, -0.2) is 31.5 Å². The average molecular weight is 354 g/mol. The fourth-order valence-corrected chi connectivity index (χ4v) is 4.07. The fraction of sp³-hybridized carbons (Fsp3) is 0.222. The summed E-state index contributed by atoms with van der Waals surface area (Å²) < 4.78 is 27.8. The Labute approximate surface area is 146 Å². The maximum Gasteiger partial charge on any atom is 0.262 e. The number of hydrogen-bond acceptors (Lipinski definition) is 5. The highest BCUT2D eigenvalue weighted by molar-refractivity contribution is 7.92. The second-order valence-electron chi connectivity index (χ2n) is 6.08. The minimum Gasteiger partial charge on any atom is -0.341 e.